The third kappa shape index (κ3) is 3.87. The number of para-hydroxylation sites is 1. The Balaban J connectivity index is 1.62. The molecular weight excluding hydrogens is 322 g/mol. The number of nitrogens with one attached hydrogen (secondary N) is 1. The van der Waals surface area contributed by atoms with Crippen molar-refractivity contribution in [1.29, 1.82) is 0 Å². The van der Waals surface area contributed by atoms with Gasteiger partial charge in [0, 0.05) is 23.8 Å². The quantitative estimate of drug-likeness (QED) is 0.910. The van der Waals surface area contributed by atoms with E-state index in [4.69, 9.17) is 0 Å². The van der Waals surface area contributed by atoms with Crippen molar-refractivity contribution in [2.24, 2.45) is 4.99 Å². The molecule has 0 radical (unpaired) electrons. The molecule has 1 amide bonds. The number of rotatable bonds is 3. The molecule has 3 rings (SSSR count). The lowest BCUT2D eigenvalue weighted by atomic mass is 10.2. The zero-order chi connectivity index (χ0) is 14.7. The maximum absolute atomic E-state index is 11.0. The van der Waals surface area contributed by atoms with Crippen molar-refractivity contribution in [3.05, 3.63) is 40.9 Å². The number of anilines is 1. The number of carbonyl (C=O) groups excluding carboxylic acids is 1. The predicted octanol–water partition coefficient (Wildman–Crippen LogP) is 4.27. The van der Waals surface area contributed by atoms with Crippen LogP contribution in [0.5, 0.6) is 0 Å². The minimum atomic E-state index is -0.0904. The molecule has 0 bridgehead atoms. The van der Waals surface area contributed by atoms with Crippen molar-refractivity contribution in [3.63, 3.8) is 0 Å². The van der Waals surface area contributed by atoms with E-state index in [1.165, 1.54) is 23.8 Å². The van der Waals surface area contributed by atoms with Gasteiger partial charge in [0.2, 0.25) is 5.91 Å². The Morgan fingerprint density at radius 3 is 3.14 bits per heavy atom. The second-order valence-corrected chi connectivity index (χ2v) is 7.45. The van der Waals surface area contributed by atoms with Gasteiger partial charge in [0.05, 0.1) is 11.4 Å². The Labute approximate surface area is 135 Å². The highest BCUT2D eigenvalue weighted by Crippen LogP contribution is 2.35. The number of thioether (sulfide) groups is 2. The zero-order valence-corrected chi connectivity index (χ0v) is 13.8. The lowest BCUT2D eigenvalue weighted by Crippen LogP contribution is -2.05. The summed E-state index contributed by atoms with van der Waals surface area (Å²) < 4.78 is 1.07. The molecule has 1 aliphatic heterocycles. The van der Waals surface area contributed by atoms with Crippen LogP contribution >= 0.6 is 34.9 Å². The average molecular weight is 335 g/mol. The summed E-state index contributed by atoms with van der Waals surface area (Å²) in [6, 6.07) is 8.23. The van der Waals surface area contributed by atoms with Crippen molar-refractivity contribution >= 4 is 56.0 Å². The minimum Gasteiger partial charge on any atom is -0.302 e. The molecule has 21 heavy (non-hydrogen) atoms. The smallest absolute Gasteiger partial charge is 0.223 e. The van der Waals surface area contributed by atoms with E-state index in [1.807, 2.05) is 23.6 Å². The summed E-state index contributed by atoms with van der Waals surface area (Å²) in [5.41, 5.74) is 3.32. The molecule has 1 aromatic heterocycles. The number of carbonyl (C=O) groups is 1. The largest absolute Gasteiger partial charge is 0.302 e. The van der Waals surface area contributed by atoms with E-state index in [-0.39, 0.29) is 5.91 Å². The van der Waals surface area contributed by atoms with E-state index in [2.05, 4.69) is 21.4 Å². The van der Waals surface area contributed by atoms with Gasteiger partial charge in [-0.2, -0.15) is 0 Å². The van der Waals surface area contributed by atoms with Gasteiger partial charge in [0.1, 0.15) is 4.38 Å². The van der Waals surface area contributed by atoms with Gasteiger partial charge in [-0.05, 0) is 11.6 Å². The molecule has 2 aromatic rings. The van der Waals surface area contributed by atoms with E-state index in [1.54, 1.807) is 23.5 Å². The van der Waals surface area contributed by atoms with E-state index >= 15 is 0 Å². The molecule has 1 aliphatic rings. The zero-order valence-electron chi connectivity index (χ0n) is 11.3. The molecule has 0 fully saturated rings. The molecule has 7 heteroatoms. The Kier molecular flexibility index (Phi) is 4.62. The van der Waals surface area contributed by atoms with E-state index in [0.29, 0.717) is 5.13 Å². The topological polar surface area (TPSA) is 54.4 Å². The molecule has 108 valence electrons. The Hall–Kier alpha value is -1.31. The van der Waals surface area contributed by atoms with Gasteiger partial charge in [-0.15, -0.1) is 11.3 Å². The summed E-state index contributed by atoms with van der Waals surface area (Å²) >= 11 is 4.90. The number of aromatic nitrogens is 1. The second kappa shape index (κ2) is 6.64. The Morgan fingerprint density at radius 2 is 2.29 bits per heavy atom. The summed E-state index contributed by atoms with van der Waals surface area (Å²) in [6.07, 6.45) is 0. The first-order valence-corrected chi connectivity index (χ1v) is 9.20. The number of hydrogen-bond acceptors (Lipinski definition) is 6. The molecule has 0 unspecified atom stereocenters. The number of nitrogens with zero attached hydrogens (tertiary/aromatic N) is 2. The fourth-order valence-electron chi connectivity index (χ4n) is 1.80. The molecule has 0 saturated heterocycles. The van der Waals surface area contributed by atoms with Gasteiger partial charge in [0.15, 0.2) is 5.13 Å². The Morgan fingerprint density at radius 1 is 1.43 bits per heavy atom. The Bertz CT molecular complexity index is 696. The van der Waals surface area contributed by atoms with Crippen LogP contribution in [0.1, 0.15) is 18.2 Å². The van der Waals surface area contributed by atoms with Crippen molar-refractivity contribution < 1.29 is 4.79 Å². The summed E-state index contributed by atoms with van der Waals surface area (Å²) in [5.74, 6) is 1.65. The third-order valence-electron chi connectivity index (χ3n) is 2.73. The number of hydrogen-bond donors (Lipinski definition) is 1. The minimum absolute atomic E-state index is 0.0904. The van der Waals surface area contributed by atoms with Gasteiger partial charge in [-0.25, -0.2) is 9.98 Å². The highest BCUT2D eigenvalue weighted by atomic mass is 32.2. The van der Waals surface area contributed by atoms with E-state index < -0.39 is 0 Å². The SMILES string of the molecule is CC(=O)Nc1nc(CSC2=Nc3ccccc3CS2)cs1. The highest BCUT2D eigenvalue weighted by Gasteiger charge is 2.13. The summed E-state index contributed by atoms with van der Waals surface area (Å²) in [7, 11) is 0. The molecule has 2 heterocycles. The highest BCUT2D eigenvalue weighted by molar-refractivity contribution is 8.38. The third-order valence-corrected chi connectivity index (χ3v) is 5.82. The van der Waals surface area contributed by atoms with Crippen LogP contribution in [0.2, 0.25) is 0 Å². The lowest BCUT2D eigenvalue weighted by Gasteiger charge is -2.13. The van der Waals surface area contributed by atoms with Crippen LogP contribution < -0.4 is 5.32 Å². The first-order valence-electron chi connectivity index (χ1n) is 6.35. The van der Waals surface area contributed by atoms with Crippen LogP contribution in [0.4, 0.5) is 10.8 Å². The number of fused-ring (bicyclic) bond motifs is 1. The molecule has 4 nitrogen and oxygen atoms in total. The van der Waals surface area contributed by atoms with Crippen LogP contribution in [0.25, 0.3) is 0 Å². The van der Waals surface area contributed by atoms with Gasteiger partial charge >= 0.3 is 0 Å². The first kappa shape index (κ1) is 14.6. The van der Waals surface area contributed by atoms with Crippen LogP contribution in [-0.2, 0) is 16.3 Å². The van der Waals surface area contributed by atoms with Crippen molar-refractivity contribution in [2.75, 3.05) is 5.32 Å². The summed E-state index contributed by atoms with van der Waals surface area (Å²) in [6.45, 7) is 1.49. The number of amides is 1. The predicted molar refractivity (Wildman–Crippen MR) is 92.5 cm³/mol. The normalized spacial score (nSPS) is 13.5. The fraction of sp³-hybridized carbons (Fsp3) is 0.214. The van der Waals surface area contributed by atoms with E-state index in [0.717, 1.165) is 27.3 Å². The van der Waals surface area contributed by atoms with Crippen molar-refractivity contribution in [2.45, 2.75) is 18.4 Å². The van der Waals surface area contributed by atoms with Crippen LogP contribution in [0.15, 0.2) is 34.6 Å². The van der Waals surface area contributed by atoms with Crippen LogP contribution in [0, 0.1) is 0 Å². The maximum atomic E-state index is 11.0. The summed E-state index contributed by atoms with van der Waals surface area (Å²) in [4.78, 5) is 20.0. The van der Waals surface area contributed by atoms with Crippen molar-refractivity contribution in [1.82, 2.24) is 4.98 Å². The summed E-state index contributed by atoms with van der Waals surface area (Å²) in [5, 5.41) is 5.33. The number of thiazole rings is 1. The van der Waals surface area contributed by atoms with Crippen LogP contribution in [0.3, 0.4) is 0 Å². The molecule has 0 saturated carbocycles. The molecule has 1 N–H and O–H groups in total. The molecular formula is C14H13N3OS3. The molecule has 0 aliphatic carbocycles. The van der Waals surface area contributed by atoms with Crippen molar-refractivity contribution in [3.8, 4) is 0 Å². The standard InChI is InChI=1S/C14H13N3OS3/c1-9(18)15-13-16-11(7-19-13)8-21-14-17-12-5-3-2-4-10(12)6-20-14/h2-5,7H,6,8H2,1H3,(H,15,16,18). The van der Waals surface area contributed by atoms with E-state index in [9.17, 15) is 4.79 Å². The molecule has 0 spiro atoms. The molecule has 0 atom stereocenters. The first-order chi connectivity index (χ1) is 10.2. The monoisotopic (exact) mass is 335 g/mol. The number of aliphatic imine (C=N–C) groups is 1. The van der Waals surface area contributed by atoms with Crippen LogP contribution in [-0.4, -0.2) is 15.3 Å². The van der Waals surface area contributed by atoms with Gasteiger partial charge < -0.3 is 5.32 Å². The lowest BCUT2D eigenvalue weighted by molar-refractivity contribution is -0.114. The average Bonchev–Trinajstić information content (AvgIpc) is 2.91. The van der Waals surface area contributed by atoms with Gasteiger partial charge in [-0.3, -0.25) is 4.79 Å². The van der Waals surface area contributed by atoms with Gasteiger partial charge in [0.25, 0.3) is 0 Å². The van der Waals surface area contributed by atoms with Gasteiger partial charge in [-0.1, -0.05) is 41.7 Å². The maximum Gasteiger partial charge on any atom is 0.223 e. The molecule has 1 aromatic carbocycles. The number of benzene rings is 1. The second-order valence-electron chi connectivity index (χ2n) is 4.41. The fourth-order valence-corrected chi connectivity index (χ4v) is 4.62.